The Morgan fingerprint density at radius 2 is 2.05 bits per heavy atom. The van der Waals surface area contributed by atoms with Crippen LogP contribution in [0.25, 0.3) is 0 Å². The van der Waals surface area contributed by atoms with Gasteiger partial charge in [-0.25, -0.2) is 0 Å². The van der Waals surface area contributed by atoms with Crippen molar-refractivity contribution in [2.45, 2.75) is 32.7 Å². The molecule has 19 heavy (non-hydrogen) atoms. The average molecular weight is 259 g/mol. The molecule has 1 atom stereocenters. The van der Waals surface area contributed by atoms with Crippen LogP contribution in [0.3, 0.4) is 0 Å². The Kier molecular flexibility index (Phi) is 6.62. The van der Waals surface area contributed by atoms with Crippen molar-refractivity contribution in [2.75, 3.05) is 13.1 Å². The summed E-state index contributed by atoms with van der Waals surface area (Å²) in [4.78, 5) is 11.5. The Balaban J connectivity index is 2.35. The number of amides is 1. The Hall–Kier alpha value is -1.86. The second-order valence-corrected chi connectivity index (χ2v) is 4.46. The largest absolute Gasteiger partial charge is 0.354 e. The van der Waals surface area contributed by atoms with Crippen molar-refractivity contribution >= 4 is 5.91 Å². The van der Waals surface area contributed by atoms with Crippen LogP contribution in [0.5, 0.6) is 0 Å². The number of carbonyl (C=O) groups is 1. The summed E-state index contributed by atoms with van der Waals surface area (Å²) in [5.74, 6) is -0.0766. The van der Waals surface area contributed by atoms with E-state index in [-0.39, 0.29) is 18.5 Å². The topological polar surface area (TPSA) is 64.9 Å². The van der Waals surface area contributed by atoms with Crippen LogP contribution in [0.15, 0.2) is 24.3 Å². The van der Waals surface area contributed by atoms with E-state index in [0.29, 0.717) is 13.0 Å². The quantitative estimate of drug-likeness (QED) is 0.735. The fraction of sp³-hybridized carbons (Fsp3) is 0.467. The van der Waals surface area contributed by atoms with Gasteiger partial charge in [-0.1, -0.05) is 31.2 Å². The van der Waals surface area contributed by atoms with Crippen molar-refractivity contribution in [3.63, 3.8) is 0 Å². The normalized spacial score (nSPS) is 11.6. The first kappa shape index (κ1) is 15.2. The molecule has 1 amide bonds. The van der Waals surface area contributed by atoms with Gasteiger partial charge in [0.2, 0.25) is 5.91 Å². The Morgan fingerprint density at radius 1 is 1.37 bits per heavy atom. The minimum atomic E-state index is -0.0766. The summed E-state index contributed by atoms with van der Waals surface area (Å²) >= 11 is 0. The zero-order valence-electron chi connectivity index (χ0n) is 11.6. The molecule has 0 aliphatic carbocycles. The Bertz CT molecular complexity index is 434. The van der Waals surface area contributed by atoms with Gasteiger partial charge in [0.1, 0.15) is 0 Å². The van der Waals surface area contributed by atoms with Gasteiger partial charge in [0.15, 0.2) is 0 Å². The molecular weight excluding hydrogens is 238 g/mol. The van der Waals surface area contributed by atoms with Gasteiger partial charge in [0.25, 0.3) is 0 Å². The highest BCUT2D eigenvalue weighted by molar-refractivity contribution is 5.78. The summed E-state index contributed by atoms with van der Waals surface area (Å²) in [6.45, 7) is 4.84. The molecule has 0 spiro atoms. The molecule has 4 nitrogen and oxygen atoms in total. The van der Waals surface area contributed by atoms with Gasteiger partial charge in [0, 0.05) is 12.6 Å². The second kappa shape index (κ2) is 8.28. The van der Waals surface area contributed by atoms with Gasteiger partial charge in [-0.05, 0) is 24.5 Å². The molecular formula is C15H21N3O. The lowest BCUT2D eigenvalue weighted by Crippen LogP contribution is -2.35. The van der Waals surface area contributed by atoms with Crippen LogP contribution in [0.1, 0.15) is 37.4 Å². The minimum absolute atomic E-state index is 0.0766. The molecule has 1 aromatic carbocycles. The highest BCUT2D eigenvalue weighted by Gasteiger charge is 2.07. The van der Waals surface area contributed by atoms with Crippen molar-refractivity contribution in [1.82, 2.24) is 10.6 Å². The van der Waals surface area contributed by atoms with E-state index >= 15 is 0 Å². The summed E-state index contributed by atoms with van der Waals surface area (Å²) in [6.07, 6.45) is 1.38. The van der Waals surface area contributed by atoms with E-state index in [0.717, 1.165) is 6.42 Å². The van der Waals surface area contributed by atoms with Crippen LogP contribution in [0, 0.1) is 11.3 Å². The summed E-state index contributed by atoms with van der Waals surface area (Å²) in [5.41, 5.74) is 2.48. The summed E-state index contributed by atoms with van der Waals surface area (Å²) in [5, 5.41) is 14.2. The molecule has 0 radical (unpaired) electrons. The Morgan fingerprint density at radius 3 is 2.63 bits per heavy atom. The maximum Gasteiger partial charge on any atom is 0.234 e. The molecule has 0 aliphatic heterocycles. The number of hydrogen-bond donors (Lipinski definition) is 2. The summed E-state index contributed by atoms with van der Waals surface area (Å²) < 4.78 is 0. The average Bonchev–Trinajstić information content (AvgIpc) is 2.45. The molecule has 0 bridgehead atoms. The third kappa shape index (κ3) is 5.54. The highest BCUT2D eigenvalue weighted by atomic mass is 16.1. The molecule has 0 aromatic heterocycles. The third-order valence-electron chi connectivity index (χ3n) is 3.02. The molecule has 0 aliphatic rings. The molecule has 1 unspecified atom stereocenters. The van der Waals surface area contributed by atoms with Crippen LogP contribution in [0.2, 0.25) is 0 Å². The van der Waals surface area contributed by atoms with Crippen LogP contribution >= 0.6 is 0 Å². The van der Waals surface area contributed by atoms with E-state index in [4.69, 9.17) is 5.26 Å². The van der Waals surface area contributed by atoms with E-state index in [2.05, 4.69) is 41.8 Å². The number of carbonyl (C=O) groups excluding carboxylic acids is 1. The fourth-order valence-corrected chi connectivity index (χ4v) is 1.73. The van der Waals surface area contributed by atoms with E-state index < -0.39 is 0 Å². The lowest BCUT2D eigenvalue weighted by Gasteiger charge is -2.14. The first-order valence-corrected chi connectivity index (χ1v) is 6.63. The van der Waals surface area contributed by atoms with Crippen molar-refractivity contribution in [1.29, 1.82) is 5.26 Å². The van der Waals surface area contributed by atoms with Gasteiger partial charge >= 0.3 is 0 Å². The van der Waals surface area contributed by atoms with Crippen molar-refractivity contribution in [3.05, 3.63) is 35.4 Å². The molecule has 2 N–H and O–H groups in total. The van der Waals surface area contributed by atoms with Crippen molar-refractivity contribution in [3.8, 4) is 6.07 Å². The smallest absolute Gasteiger partial charge is 0.234 e. The van der Waals surface area contributed by atoms with Gasteiger partial charge in [0.05, 0.1) is 19.0 Å². The minimum Gasteiger partial charge on any atom is -0.354 e. The molecule has 0 saturated carbocycles. The van der Waals surface area contributed by atoms with Crippen LogP contribution in [0.4, 0.5) is 0 Å². The first-order valence-electron chi connectivity index (χ1n) is 6.63. The highest BCUT2D eigenvalue weighted by Crippen LogP contribution is 2.13. The van der Waals surface area contributed by atoms with Gasteiger partial charge in [-0.3, -0.25) is 4.79 Å². The predicted molar refractivity (Wildman–Crippen MR) is 75.5 cm³/mol. The first-order chi connectivity index (χ1) is 9.17. The second-order valence-electron chi connectivity index (χ2n) is 4.46. The van der Waals surface area contributed by atoms with E-state index in [1.807, 2.05) is 13.0 Å². The predicted octanol–water partition coefficient (Wildman–Crippen LogP) is 1.93. The number of benzene rings is 1. The number of hydrogen-bond acceptors (Lipinski definition) is 3. The third-order valence-corrected chi connectivity index (χ3v) is 3.02. The Labute approximate surface area is 114 Å². The van der Waals surface area contributed by atoms with Crippen LogP contribution in [-0.4, -0.2) is 19.0 Å². The van der Waals surface area contributed by atoms with E-state index in [1.54, 1.807) is 0 Å². The monoisotopic (exact) mass is 259 g/mol. The molecule has 102 valence electrons. The zero-order valence-corrected chi connectivity index (χ0v) is 11.6. The number of nitriles is 1. The standard InChI is InChI=1S/C15H21N3O/c1-3-13-5-7-14(8-6-13)12(2)18-11-15(19)17-10-4-9-16/h5-8,12,18H,3-4,10-11H2,1-2H3,(H,17,19). The molecule has 1 aromatic rings. The lowest BCUT2D eigenvalue weighted by molar-refractivity contribution is -0.120. The van der Waals surface area contributed by atoms with Gasteiger partial charge < -0.3 is 10.6 Å². The summed E-state index contributed by atoms with van der Waals surface area (Å²) in [7, 11) is 0. The molecule has 0 heterocycles. The van der Waals surface area contributed by atoms with Gasteiger partial charge in [-0.15, -0.1) is 0 Å². The van der Waals surface area contributed by atoms with Crippen LogP contribution < -0.4 is 10.6 Å². The number of nitrogens with zero attached hydrogens (tertiary/aromatic N) is 1. The molecule has 1 rings (SSSR count). The zero-order chi connectivity index (χ0) is 14.1. The number of rotatable bonds is 7. The van der Waals surface area contributed by atoms with Gasteiger partial charge in [-0.2, -0.15) is 5.26 Å². The molecule has 0 fully saturated rings. The van der Waals surface area contributed by atoms with Crippen molar-refractivity contribution < 1.29 is 4.79 Å². The number of aryl methyl sites for hydroxylation is 1. The van der Waals surface area contributed by atoms with E-state index in [9.17, 15) is 4.79 Å². The summed E-state index contributed by atoms with van der Waals surface area (Å²) in [6, 6.07) is 10.5. The SMILES string of the molecule is CCc1ccc(C(C)NCC(=O)NCCC#N)cc1. The number of nitrogens with one attached hydrogen (secondary N) is 2. The van der Waals surface area contributed by atoms with Crippen molar-refractivity contribution in [2.24, 2.45) is 0 Å². The van der Waals surface area contributed by atoms with Crippen LogP contribution in [-0.2, 0) is 11.2 Å². The maximum absolute atomic E-state index is 11.5. The maximum atomic E-state index is 11.5. The lowest BCUT2D eigenvalue weighted by atomic mass is 10.1. The fourth-order valence-electron chi connectivity index (χ4n) is 1.73. The molecule has 0 saturated heterocycles. The van der Waals surface area contributed by atoms with E-state index in [1.165, 1.54) is 11.1 Å². The molecule has 4 heteroatoms.